The van der Waals surface area contributed by atoms with Gasteiger partial charge in [-0.05, 0) is 12.8 Å². The zero-order chi connectivity index (χ0) is 14.6. The van der Waals surface area contributed by atoms with E-state index in [-0.39, 0.29) is 0 Å². The summed E-state index contributed by atoms with van der Waals surface area (Å²) in [6.45, 7) is 2.17. The molecule has 1 heterocycles. The lowest BCUT2D eigenvalue weighted by atomic mass is 10.0. The molecule has 0 amide bonds. The summed E-state index contributed by atoms with van der Waals surface area (Å²) < 4.78 is 52.1. The van der Waals surface area contributed by atoms with Crippen LogP contribution in [0.3, 0.4) is 0 Å². The Kier molecular flexibility index (Phi) is 5.23. The molecule has 0 radical (unpaired) electrons. The molecule has 114 valence electrons. The van der Waals surface area contributed by atoms with E-state index in [0.29, 0.717) is 25.6 Å². The third-order valence-corrected chi connectivity index (χ3v) is 3.37. The van der Waals surface area contributed by atoms with Crippen LogP contribution >= 0.6 is 0 Å². The van der Waals surface area contributed by atoms with E-state index in [1.807, 2.05) is 6.08 Å². The first-order chi connectivity index (χ1) is 9.48. The van der Waals surface area contributed by atoms with Crippen LogP contribution in [0.1, 0.15) is 19.8 Å². The number of ether oxygens (including phenoxy) is 3. The molecule has 0 N–H and O–H groups in total. The minimum absolute atomic E-state index is 0.405. The van der Waals surface area contributed by atoms with Crippen LogP contribution in [0.2, 0.25) is 0 Å². The van der Waals surface area contributed by atoms with Crippen molar-refractivity contribution in [1.82, 2.24) is 0 Å². The SMILES string of the molecule is CCC1COC(C2=CCC(OCC(F)(F)F)C=C2)OC1. The van der Waals surface area contributed by atoms with Crippen LogP contribution in [-0.2, 0) is 14.2 Å². The Hall–Kier alpha value is -0.850. The standard InChI is InChI=1S/C14H19F3O3/c1-2-10-7-18-13(19-8-10)11-3-5-12(6-4-11)20-9-14(15,16)17/h3-5,10,12-13H,2,6-9H2,1H3. The van der Waals surface area contributed by atoms with Gasteiger partial charge in [0.2, 0.25) is 0 Å². The van der Waals surface area contributed by atoms with E-state index in [4.69, 9.17) is 14.2 Å². The van der Waals surface area contributed by atoms with E-state index < -0.39 is 25.2 Å². The normalized spacial score (nSPS) is 31.2. The summed E-state index contributed by atoms with van der Waals surface area (Å²) in [6, 6.07) is 0. The van der Waals surface area contributed by atoms with Crippen LogP contribution in [0.5, 0.6) is 0 Å². The third-order valence-electron chi connectivity index (χ3n) is 3.37. The molecule has 1 saturated heterocycles. The van der Waals surface area contributed by atoms with Crippen molar-refractivity contribution in [3.63, 3.8) is 0 Å². The number of halogens is 3. The first kappa shape index (κ1) is 15.5. The largest absolute Gasteiger partial charge is 0.411 e. The van der Waals surface area contributed by atoms with E-state index in [2.05, 4.69) is 6.92 Å². The van der Waals surface area contributed by atoms with Crippen molar-refractivity contribution in [2.45, 2.75) is 38.3 Å². The lowest BCUT2D eigenvalue weighted by Gasteiger charge is -2.30. The van der Waals surface area contributed by atoms with Gasteiger partial charge in [0.25, 0.3) is 0 Å². The summed E-state index contributed by atoms with van der Waals surface area (Å²) in [5, 5.41) is 0. The minimum Gasteiger partial charge on any atom is -0.364 e. The summed E-state index contributed by atoms with van der Waals surface area (Å²) >= 11 is 0. The van der Waals surface area contributed by atoms with Crippen molar-refractivity contribution in [1.29, 1.82) is 0 Å². The highest BCUT2D eigenvalue weighted by molar-refractivity contribution is 5.26. The third kappa shape index (κ3) is 4.61. The summed E-state index contributed by atoms with van der Waals surface area (Å²) in [6.07, 6.45) is 1.35. The van der Waals surface area contributed by atoms with Gasteiger partial charge in [-0.15, -0.1) is 0 Å². The smallest absolute Gasteiger partial charge is 0.364 e. The Bertz CT molecular complexity index is 368. The molecule has 1 aliphatic heterocycles. The molecule has 0 saturated carbocycles. The molecule has 1 fully saturated rings. The molecule has 2 rings (SSSR count). The predicted octanol–water partition coefficient (Wildman–Crippen LogP) is 3.22. The van der Waals surface area contributed by atoms with Gasteiger partial charge in [-0.25, -0.2) is 0 Å². The Morgan fingerprint density at radius 1 is 1.30 bits per heavy atom. The monoisotopic (exact) mass is 292 g/mol. The molecule has 6 heteroatoms. The molecular weight excluding hydrogens is 273 g/mol. The fourth-order valence-corrected chi connectivity index (χ4v) is 2.09. The van der Waals surface area contributed by atoms with Crippen molar-refractivity contribution in [2.75, 3.05) is 19.8 Å². The van der Waals surface area contributed by atoms with Crippen LogP contribution < -0.4 is 0 Å². The molecule has 1 unspecified atom stereocenters. The highest BCUT2D eigenvalue weighted by Gasteiger charge is 2.30. The van der Waals surface area contributed by atoms with E-state index in [0.717, 1.165) is 12.0 Å². The highest BCUT2D eigenvalue weighted by Crippen LogP contribution is 2.25. The average Bonchev–Trinajstić information content (AvgIpc) is 2.45. The summed E-state index contributed by atoms with van der Waals surface area (Å²) in [4.78, 5) is 0. The van der Waals surface area contributed by atoms with E-state index in [9.17, 15) is 13.2 Å². The number of hydrogen-bond donors (Lipinski definition) is 0. The van der Waals surface area contributed by atoms with E-state index in [1.54, 1.807) is 12.2 Å². The molecular formula is C14H19F3O3. The van der Waals surface area contributed by atoms with Crippen LogP contribution in [0, 0.1) is 5.92 Å². The first-order valence-electron chi connectivity index (χ1n) is 6.77. The first-order valence-corrected chi connectivity index (χ1v) is 6.77. The second-order valence-electron chi connectivity index (χ2n) is 5.04. The van der Waals surface area contributed by atoms with Gasteiger partial charge in [0, 0.05) is 11.5 Å². The van der Waals surface area contributed by atoms with Gasteiger partial charge in [-0.2, -0.15) is 13.2 Å². The van der Waals surface area contributed by atoms with Crippen molar-refractivity contribution in [3.8, 4) is 0 Å². The van der Waals surface area contributed by atoms with Crippen LogP contribution in [-0.4, -0.2) is 38.4 Å². The maximum atomic E-state index is 12.0. The van der Waals surface area contributed by atoms with Gasteiger partial charge in [-0.1, -0.05) is 25.2 Å². The van der Waals surface area contributed by atoms with Crippen LogP contribution in [0.25, 0.3) is 0 Å². The van der Waals surface area contributed by atoms with Gasteiger partial charge in [0.1, 0.15) is 6.61 Å². The second-order valence-corrected chi connectivity index (χ2v) is 5.04. The summed E-state index contributed by atoms with van der Waals surface area (Å²) in [5.74, 6) is 0.419. The van der Waals surface area contributed by atoms with Gasteiger partial charge < -0.3 is 14.2 Å². The minimum atomic E-state index is -4.29. The Morgan fingerprint density at radius 3 is 2.50 bits per heavy atom. The average molecular weight is 292 g/mol. The zero-order valence-electron chi connectivity index (χ0n) is 11.4. The maximum absolute atomic E-state index is 12.0. The predicted molar refractivity (Wildman–Crippen MR) is 67.1 cm³/mol. The van der Waals surface area contributed by atoms with Crippen LogP contribution in [0.4, 0.5) is 13.2 Å². The van der Waals surface area contributed by atoms with Crippen LogP contribution in [0.15, 0.2) is 23.8 Å². The lowest BCUT2D eigenvalue weighted by Crippen LogP contribution is -2.33. The van der Waals surface area contributed by atoms with Gasteiger partial charge in [0.15, 0.2) is 6.29 Å². The molecule has 1 atom stereocenters. The Labute approximate surface area is 116 Å². The van der Waals surface area contributed by atoms with Crippen molar-refractivity contribution in [2.24, 2.45) is 5.92 Å². The molecule has 1 aliphatic carbocycles. The second kappa shape index (κ2) is 6.74. The molecule has 0 aromatic rings. The molecule has 0 spiro atoms. The van der Waals surface area contributed by atoms with Gasteiger partial charge in [-0.3, -0.25) is 0 Å². The van der Waals surface area contributed by atoms with Crippen molar-refractivity contribution < 1.29 is 27.4 Å². The fourth-order valence-electron chi connectivity index (χ4n) is 2.09. The number of alkyl halides is 3. The highest BCUT2D eigenvalue weighted by atomic mass is 19.4. The fraction of sp³-hybridized carbons (Fsp3) is 0.714. The number of hydrogen-bond acceptors (Lipinski definition) is 3. The molecule has 2 aliphatic rings. The Morgan fingerprint density at radius 2 is 2.00 bits per heavy atom. The molecule has 3 nitrogen and oxygen atoms in total. The van der Waals surface area contributed by atoms with E-state index in [1.165, 1.54) is 0 Å². The summed E-state index contributed by atoms with van der Waals surface area (Å²) in [7, 11) is 0. The van der Waals surface area contributed by atoms with Gasteiger partial charge >= 0.3 is 6.18 Å². The Balaban J connectivity index is 1.77. The van der Waals surface area contributed by atoms with Crippen molar-refractivity contribution >= 4 is 0 Å². The molecule has 0 aromatic heterocycles. The molecule has 20 heavy (non-hydrogen) atoms. The number of rotatable bonds is 4. The lowest BCUT2D eigenvalue weighted by molar-refractivity contribution is -0.183. The van der Waals surface area contributed by atoms with Gasteiger partial charge in [0.05, 0.1) is 19.3 Å². The van der Waals surface area contributed by atoms with Crippen molar-refractivity contribution in [3.05, 3.63) is 23.8 Å². The molecule has 0 aromatic carbocycles. The zero-order valence-corrected chi connectivity index (χ0v) is 11.4. The molecule has 0 bridgehead atoms. The maximum Gasteiger partial charge on any atom is 0.411 e. The van der Waals surface area contributed by atoms with E-state index >= 15 is 0 Å². The topological polar surface area (TPSA) is 27.7 Å². The quantitative estimate of drug-likeness (QED) is 0.796. The summed E-state index contributed by atoms with van der Waals surface area (Å²) in [5.41, 5.74) is 0.853.